The van der Waals surface area contributed by atoms with Crippen LogP contribution in [0.2, 0.25) is 0 Å². The third kappa shape index (κ3) is 2.45. The van der Waals surface area contributed by atoms with Gasteiger partial charge in [-0.2, -0.15) is 0 Å². The first-order chi connectivity index (χ1) is 9.30. The molecule has 1 aromatic rings. The Morgan fingerprint density at radius 1 is 1.21 bits per heavy atom. The van der Waals surface area contributed by atoms with Gasteiger partial charge in [-0.25, -0.2) is 15.2 Å². The molecule has 102 valence electrons. The Balaban J connectivity index is 1.56. The van der Waals surface area contributed by atoms with E-state index in [1.807, 2.05) is 30.3 Å². The summed E-state index contributed by atoms with van der Waals surface area (Å²) in [6.45, 7) is 1.25. The standard InChI is InChI=1S/C15H20N2O2/c18-14(19-11-13-7-3-1-4-8-13)17-15(12-16-17)9-5-2-6-10-15/h1,3-4,7-8,16H,2,5-6,9-12H2. The number of ether oxygens (including phenoxy) is 1. The van der Waals surface area contributed by atoms with Gasteiger partial charge in [-0.1, -0.05) is 49.6 Å². The molecule has 0 atom stereocenters. The van der Waals surface area contributed by atoms with E-state index in [1.54, 1.807) is 5.01 Å². The number of amides is 1. The Kier molecular flexibility index (Phi) is 3.42. The summed E-state index contributed by atoms with van der Waals surface area (Å²) in [5.41, 5.74) is 4.16. The van der Waals surface area contributed by atoms with Crippen LogP contribution in [0.15, 0.2) is 30.3 Å². The van der Waals surface area contributed by atoms with E-state index in [-0.39, 0.29) is 11.6 Å². The fourth-order valence-corrected chi connectivity index (χ4v) is 3.03. The highest BCUT2D eigenvalue weighted by Gasteiger charge is 2.48. The first-order valence-electron chi connectivity index (χ1n) is 7.05. The normalized spacial score (nSPS) is 20.9. The molecule has 4 heteroatoms. The van der Waals surface area contributed by atoms with Crippen LogP contribution >= 0.6 is 0 Å². The Bertz CT molecular complexity index is 441. The van der Waals surface area contributed by atoms with Crippen molar-refractivity contribution in [1.82, 2.24) is 10.4 Å². The van der Waals surface area contributed by atoms with Crippen molar-refractivity contribution in [3.8, 4) is 0 Å². The quantitative estimate of drug-likeness (QED) is 0.889. The summed E-state index contributed by atoms with van der Waals surface area (Å²) in [5, 5.41) is 1.72. The second-order valence-electron chi connectivity index (χ2n) is 5.50. The Morgan fingerprint density at radius 2 is 1.95 bits per heavy atom. The van der Waals surface area contributed by atoms with Gasteiger partial charge >= 0.3 is 6.09 Å². The van der Waals surface area contributed by atoms with Crippen molar-refractivity contribution in [2.75, 3.05) is 6.54 Å². The van der Waals surface area contributed by atoms with Crippen LogP contribution in [-0.4, -0.2) is 23.2 Å². The molecule has 0 unspecified atom stereocenters. The first-order valence-corrected chi connectivity index (χ1v) is 7.05. The average Bonchev–Trinajstić information content (AvgIpc) is 2.46. The average molecular weight is 260 g/mol. The smallest absolute Gasteiger partial charge is 0.425 e. The van der Waals surface area contributed by atoms with Gasteiger partial charge in [0, 0.05) is 6.54 Å². The summed E-state index contributed by atoms with van der Waals surface area (Å²) in [4.78, 5) is 12.1. The number of rotatable bonds is 2. The lowest BCUT2D eigenvalue weighted by molar-refractivity contribution is -0.0747. The maximum Gasteiger partial charge on any atom is 0.425 e. The van der Waals surface area contributed by atoms with Crippen LogP contribution in [0.1, 0.15) is 37.7 Å². The fourth-order valence-electron chi connectivity index (χ4n) is 3.03. The summed E-state index contributed by atoms with van der Waals surface area (Å²) in [7, 11) is 0. The van der Waals surface area contributed by atoms with Gasteiger partial charge in [0.2, 0.25) is 0 Å². The van der Waals surface area contributed by atoms with Gasteiger partial charge in [-0.15, -0.1) is 0 Å². The molecule has 1 amide bonds. The molecule has 1 N–H and O–H groups in total. The fraction of sp³-hybridized carbons (Fsp3) is 0.533. The highest BCUT2D eigenvalue weighted by molar-refractivity contribution is 5.69. The van der Waals surface area contributed by atoms with E-state index in [4.69, 9.17) is 4.74 Å². The van der Waals surface area contributed by atoms with Crippen molar-refractivity contribution in [3.05, 3.63) is 35.9 Å². The topological polar surface area (TPSA) is 41.6 Å². The van der Waals surface area contributed by atoms with Crippen molar-refractivity contribution in [1.29, 1.82) is 0 Å². The van der Waals surface area contributed by atoms with E-state index >= 15 is 0 Å². The molecule has 3 rings (SSSR count). The predicted molar refractivity (Wildman–Crippen MR) is 72.3 cm³/mol. The number of nitrogens with one attached hydrogen (secondary N) is 1. The molecule has 1 heterocycles. The minimum absolute atomic E-state index is 0.0338. The van der Waals surface area contributed by atoms with Crippen LogP contribution in [0.25, 0.3) is 0 Å². The van der Waals surface area contributed by atoms with Gasteiger partial charge in [0.15, 0.2) is 0 Å². The van der Waals surface area contributed by atoms with Crippen molar-refractivity contribution in [2.24, 2.45) is 0 Å². The number of hydrogen-bond donors (Lipinski definition) is 1. The van der Waals surface area contributed by atoms with Crippen LogP contribution in [0, 0.1) is 0 Å². The Labute approximate surface area is 113 Å². The molecular formula is C15H20N2O2. The van der Waals surface area contributed by atoms with Crippen molar-refractivity contribution < 1.29 is 9.53 Å². The molecule has 2 fully saturated rings. The van der Waals surface area contributed by atoms with Crippen LogP contribution in [-0.2, 0) is 11.3 Å². The molecule has 0 bridgehead atoms. The second-order valence-corrected chi connectivity index (χ2v) is 5.50. The number of carbonyl (C=O) groups excluding carboxylic acids is 1. The molecule has 19 heavy (non-hydrogen) atoms. The van der Waals surface area contributed by atoms with Crippen LogP contribution in [0.4, 0.5) is 4.79 Å². The highest BCUT2D eigenvalue weighted by atomic mass is 16.6. The Morgan fingerprint density at radius 3 is 2.58 bits per heavy atom. The van der Waals surface area contributed by atoms with Gasteiger partial charge in [0.1, 0.15) is 6.61 Å². The lowest BCUT2D eigenvalue weighted by atomic mass is 9.79. The van der Waals surface area contributed by atoms with Crippen molar-refractivity contribution >= 4 is 6.09 Å². The Hall–Kier alpha value is -1.55. The zero-order valence-electron chi connectivity index (χ0n) is 11.1. The highest BCUT2D eigenvalue weighted by Crippen LogP contribution is 2.37. The van der Waals surface area contributed by atoms with Gasteiger partial charge in [0.05, 0.1) is 5.54 Å². The summed E-state index contributed by atoms with van der Waals surface area (Å²) in [5.74, 6) is 0. The van der Waals surface area contributed by atoms with Crippen molar-refractivity contribution in [3.63, 3.8) is 0 Å². The number of hydrogen-bond acceptors (Lipinski definition) is 3. The van der Waals surface area contributed by atoms with Gasteiger partial charge in [-0.05, 0) is 18.4 Å². The minimum Gasteiger partial charge on any atom is -0.444 e. The van der Waals surface area contributed by atoms with E-state index in [0.29, 0.717) is 6.61 Å². The summed E-state index contributed by atoms with van der Waals surface area (Å²) < 4.78 is 5.38. The van der Waals surface area contributed by atoms with E-state index in [1.165, 1.54) is 19.3 Å². The zero-order chi connectivity index (χ0) is 13.1. The van der Waals surface area contributed by atoms with Crippen LogP contribution < -0.4 is 5.43 Å². The third-order valence-electron chi connectivity index (χ3n) is 4.21. The van der Waals surface area contributed by atoms with Crippen molar-refractivity contribution in [2.45, 2.75) is 44.2 Å². The maximum absolute atomic E-state index is 12.1. The molecule has 1 saturated heterocycles. The number of hydrazine groups is 1. The molecule has 1 aliphatic heterocycles. The number of nitrogens with zero attached hydrogens (tertiary/aromatic N) is 1. The minimum atomic E-state index is -0.239. The lowest BCUT2D eigenvalue weighted by Crippen LogP contribution is -2.74. The molecule has 1 saturated carbocycles. The number of benzene rings is 1. The first kappa shape index (κ1) is 12.5. The van der Waals surface area contributed by atoms with Gasteiger partial charge < -0.3 is 4.74 Å². The van der Waals surface area contributed by atoms with E-state index < -0.39 is 0 Å². The molecular weight excluding hydrogens is 240 g/mol. The third-order valence-corrected chi connectivity index (χ3v) is 4.21. The summed E-state index contributed by atoms with van der Waals surface area (Å²) >= 11 is 0. The zero-order valence-corrected chi connectivity index (χ0v) is 11.1. The lowest BCUT2D eigenvalue weighted by Gasteiger charge is -2.53. The molecule has 2 aliphatic rings. The van der Waals surface area contributed by atoms with Gasteiger partial charge in [-0.3, -0.25) is 0 Å². The molecule has 1 aromatic carbocycles. The summed E-state index contributed by atoms with van der Waals surface area (Å²) in [6, 6.07) is 9.79. The van der Waals surface area contributed by atoms with E-state index in [2.05, 4.69) is 5.43 Å². The monoisotopic (exact) mass is 260 g/mol. The molecule has 1 spiro atoms. The predicted octanol–water partition coefficient (Wildman–Crippen LogP) is 2.85. The van der Waals surface area contributed by atoms with Gasteiger partial charge in [0.25, 0.3) is 0 Å². The molecule has 0 aromatic heterocycles. The molecule has 1 aliphatic carbocycles. The summed E-state index contributed by atoms with van der Waals surface area (Å²) in [6.07, 6.45) is 5.67. The molecule has 0 radical (unpaired) electrons. The maximum atomic E-state index is 12.1. The molecule has 4 nitrogen and oxygen atoms in total. The van der Waals surface area contributed by atoms with E-state index in [0.717, 1.165) is 24.9 Å². The second kappa shape index (κ2) is 5.21. The van der Waals surface area contributed by atoms with E-state index in [9.17, 15) is 4.79 Å². The number of carbonyl (C=O) groups is 1. The SMILES string of the molecule is O=C(OCc1ccccc1)N1NCC12CCCCC2. The van der Waals surface area contributed by atoms with Crippen LogP contribution in [0.5, 0.6) is 0 Å². The van der Waals surface area contributed by atoms with Crippen LogP contribution in [0.3, 0.4) is 0 Å². The largest absolute Gasteiger partial charge is 0.444 e.